The highest BCUT2D eigenvalue weighted by atomic mass is 16.4. The van der Waals surface area contributed by atoms with Gasteiger partial charge in [-0.1, -0.05) is 60.7 Å². The molecule has 1 aromatic heterocycles. The van der Waals surface area contributed by atoms with Crippen molar-refractivity contribution in [1.82, 2.24) is 5.32 Å². The Morgan fingerprint density at radius 3 is 2.31 bits per heavy atom. The summed E-state index contributed by atoms with van der Waals surface area (Å²) in [6.45, 7) is 0. The van der Waals surface area contributed by atoms with Crippen LogP contribution in [0.4, 0.5) is 10.5 Å². The van der Waals surface area contributed by atoms with Gasteiger partial charge in [0, 0.05) is 17.5 Å². The largest absolute Gasteiger partial charge is 0.480 e. The SMILES string of the molecule is O=C(Nc1ccc(-c2cc3ccccc3oc2=O)cc1)NC(Cc1ccccc1)C(=O)O. The van der Waals surface area contributed by atoms with E-state index < -0.39 is 23.7 Å². The standard InChI is InChI=1S/C25H20N2O5/c28-23(29)21(14-16-6-2-1-3-7-16)27-25(31)26-19-12-10-17(11-13-19)20-15-18-8-4-5-9-22(18)32-24(20)30/h1-13,15,21H,14H2,(H,28,29)(H2,26,27,31). The molecule has 0 aliphatic rings. The number of fused-ring (bicyclic) bond motifs is 1. The molecule has 7 heteroatoms. The molecule has 32 heavy (non-hydrogen) atoms. The smallest absolute Gasteiger partial charge is 0.344 e. The van der Waals surface area contributed by atoms with Crippen molar-refractivity contribution in [3.63, 3.8) is 0 Å². The lowest BCUT2D eigenvalue weighted by atomic mass is 10.1. The molecule has 3 N–H and O–H groups in total. The second kappa shape index (κ2) is 9.18. The van der Waals surface area contributed by atoms with Crippen LogP contribution in [0.5, 0.6) is 0 Å². The van der Waals surface area contributed by atoms with Gasteiger partial charge in [-0.15, -0.1) is 0 Å². The van der Waals surface area contributed by atoms with Crippen LogP contribution in [0.25, 0.3) is 22.1 Å². The predicted molar refractivity (Wildman–Crippen MR) is 122 cm³/mol. The number of benzene rings is 3. The molecule has 1 atom stereocenters. The number of carbonyl (C=O) groups excluding carboxylic acids is 1. The molecular weight excluding hydrogens is 408 g/mol. The number of hydrogen-bond donors (Lipinski definition) is 3. The number of rotatable bonds is 6. The van der Waals surface area contributed by atoms with Crippen molar-refractivity contribution in [2.45, 2.75) is 12.5 Å². The van der Waals surface area contributed by atoms with Crippen LogP contribution in [0, 0.1) is 0 Å². The number of aliphatic carboxylic acids is 1. The van der Waals surface area contributed by atoms with Crippen molar-refractivity contribution in [3.05, 3.63) is 101 Å². The van der Waals surface area contributed by atoms with Gasteiger partial charge in [0.1, 0.15) is 11.6 Å². The maximum absolute atomic E-state index is 12.3. The average Bonchev–Trinajstić information content (AvgIpc) is 2.79. The van der Waals surface area contributed by atoms with Gasteiger partial charge in [-0.2, -0.15) is 0 Å². The molecule has 2 amide bonds. The molecule has 1 unspecified atom stereocenters. The van der Waals surface area contributed by atoms with Crippen molar-refractivity contribution in [2.75, 3.05) is 5.32 Å². The molecule has 0 spiro atoms. The Kier molecular flexibility index (Phi) is 5.98. The highest BCUT2D eigenvalue weighted by Crippen LogP contribution is 2.22. The van der Waals surface area contributed by atoms with E-state index in [-0.39, 0.29) is 6.42 Å². The minimum Gasteiger partial charge on any atom is -0.480 e. The van der Waals surface area contributed by atoms with Gasteiger partial charge >= 0.3 is 17.6 Å². The first-order chi connectivity index (χ1) is 15.5. The van der Waals surface area contributed by atoms with E-state index in [1.54, 1.807) is 54.6 Å². The van der Waals surface area contributed by atoms with Crippen LogP contribution in [0.1, 0.15) is 5.56 Å². The number of carboxylic acids is 1. The zero-order valence-electron chi connectivity index (χ0n) is 16.9. The summed E-state index contributed by atoms with van der Waals surface area (Å²) in [4.78, 5) is 36.2. The lowest BCUT2D eigenvalue weighted by Crippen LogP contribution is -2.44. The molecular formula is C25H20N2O5. The zero-order valence-corrected chi connectivity index (χ0v) is 16.9. The lowest BCUT2D eigenvalue weighted by Gasteiger charge is -2.15. The minimum atomic E-state index is -1.12. The van der Waals surface area contributed by atoms with Crippen LogP contribution in [0.3, 0.4) is 0 Å². The molecule has 0 radical (unpaired) electrons. The number of urea groups is 1. The van der Waals surface area contributed by atoms with E-state index in [0.717, 1.165) is 10.9 Å². The maximum Gasteiger partial charge on any atom is 0.344 e. The molecule has 160 valence electrons. The van der Waals surface area contributed by atoms with Crippen LogP contribution in [-0.2, 0) is 11.2 Å². The predicted octanol–water partition coefficient (Wildman–Crippen LogP) is 4.28. The molecule has 0 saturated carbocycles. The van der Waals surface area contributed by atoms with Gasteiger partial charge in [-0.25, -0.2) is 14.4 Å². The molecule has 0 aliphatic carbocycles. The van der Waals surface area contributed by atoms with Gasteiger partial charge in [0.25, 0.3) is 0 Å². The molecule has 1 heterocycles. The lowest BCUT2D eigenvalue weighted by molar-refractivity contribution is -0.139. The fourth-order valence-corrected chi connectivity index (χ4v) is 3.37. The molecule has 4 aromatic rings. The van der Waals surface area contributed by atoms with Crippen LogP contribution in [-0.4, -0.2) is 23.1 Å². The van der Waals surface area contributed by atoms with Gasteiger partial charge in [0.2, 0.25) is 0 Å². The molecule has 0 aliphatic heterocycles. The van der Waals surface area contributed by atoms with E-state index in [4.69, 9.17) is 4.42 Å². The summed E-state index contributed by atoms with van der Waals surface area (Å²) >= 11 is 0. The molecule has 4 rings (SSSR count). The van der Waals surface area contributed by atoms with Crippen molar-refractivity contribution in [2.24, 2.45) is 0 Å². The highest BCUT2D eigenvalue weighted by Gasteiger charge is 2.20. The topological polar surface area (TPSA) is 109 Å². The summed E-state index contributed by atoms with van der Waals surface area (Å²) in [5, 5.41) is 15.3. The maximum atomic E-state index is 12.3. The van der Waals surface area contributed by atoms with Crippen molar-refractivity contribution < 1.29 is 19.1 Å². The number of anilines is 1. The van der Waals surface area contributed by atoms with Crippen LogP contribution in [0.15, 0.2) is 94.1 Å². The number of nitrogens with one attached hydrogen (secondary N) is 2. The van der Waals surface area contributed by atoms with Crippen molar-refractivity contribution in [3.8, 4) is 11.1 Å². The average molecular weight is 428 g/mol. The monoisotopic (exact) mass is 428 g/mol. The Hall–Kier alpha value is -4.39. The Morgan fingerprint density at radius 1 is 0.906 bits per heavy atom. The fourth-order valence-electron chi connectivity index (χ4n) is 3.37. The molecule has 3 aromatic carbocycles. The quantitative estimate of drug-likeness (QED) is 0.397. The molecule has 7 nitrogen and oxygen atoms in total. The van der Waals surface area contributed by atoms with E-state index in [2.05, 4.69) is 10.6 Å². The highest BCUT2D eigenvalue weighted by molar-refractivity contribution is 5.92. The first-order valence-electron chi connectivity index (χ1n) is 9.97. The summed E-state index contributed by atoms with van der Waals surface area (Å²) in [5.41, 5.74) is 2.38. The molecule has 0 fully saturated rings. The summed E-state index contributed by atoms with van der Waals surface area (Å²) in [5.74, 6) is -1.12. The second-order valence-electron chi connectivity index (χ2n) is 7.24. The first-order valence-corrected chi connectivity index (χ1v) is 9.97. The van der Waals surface area contributed by atoms with E-state index in [0.29, 0.717) is 22.4 Å². The van der Waals surface area contributed by atoms with E-state index >= 15 is 0 Å². The van der Waals surface area contributed by atoms with Crippen molar-refractivity contribution in [1.29, 1.82) is 0 Å². The van der Waals surface area contributed by atoms with E-state index in [1.165, 1.54) is 0 Å². The number of carbonyl (C=O) groups is 2. The number of carboxylic acid groups (broad SMARTS) is 1. The number of para-hydroxylation sites is 1. The first kappa shape index (κ1) is 20.9. The zero-order chi connectivity index (χ0) is 22.5. The van der Waals surface area contributed by atoms with Gasteiger partial charge < -0.3 is 20.2 Å². The number of amides is 2. The third-order valence-electron chi connectivity index (χ3n) is 4.98. The summed E-state index contributed by atoms with van der Waals surface area (Å²) in [6.07, 6.45) is 0.167. The Labute approximate surface area is 183 Å². The van der Waals surface area contributed by atoms with Gasteiger partial charge in [-0.05, 0) is 35.4 Å². The summed E-state index contributed by atoms with van der Waals surface area (Å²) in [7, 11) is 0. The number of hydrogen-bond acceptors (Lipinski definition) is 4. The van der Waals surface area contributed by atoms with Gasteiger partial charge in [0.15, 0.2) is 0 Å². The Morgan fingerprint density at radius 2 is 1.59 bits per heavy atom. The summed E-state index contributed by atoms with van der Waals surface area (Å²) in [6, 6.07) is 23.0. The molecule has 0 saturated heterocycles. The van der Waals surface area contributed by atoms with Gasteiger partial charge in [0.05, 0.1) is 5.56 Å². The third-order valence-corrected chi connectivity index (χ3v) is 4.98. The van der Waals surface area contributed by atoms with Gasteiger partial charge in [-0.3, -0.25) is 0 Å². The van der Waals surface area contributed by atoms with Crippen LogP contribution in [0.2, 0.25) is 0 Å². The van der Waals surface area contributed by atoms with E-state index in [9.17, 15) is 19.5 Å². The Balaban J connectivity index is 1.45. The normalized spacial score (nSPS) is 11.6. The Bertz CT molecular complexity index is 1310. The third kappa shape index (κ3) is 4.84. The van der Waals surface area contributed by atoms with Crippen LogP contribution >= 0.6 is 0 Å². The fraction of sp³-hybridized carbons (Fsp3) is 0.0800. The minimum absolute atomic E-state index is 0.167. The second-order valence-corrected chi connectivity index (χ2v) is 7.24. The van der Waals surface area contributed by atoms with E-state index in [1.807, 2.05) is 30.3 Å². The molecule has 0 bridgehead atoms. The van der Waals surface area contributed by atoms with Crippen molar-refractivity contribution >= 4 is 28.7 Å². The summed E-state index contributed by atoms with van der Waals surface area (Å²) < 4.78 is 5.37. The van der Waals surface area contributed by atoms with Crippen LogP contribution < -0.4 is 16.3 Å².